The predicted octanol–water partition coefficient (Wildman–Crippen LogP) is -0.0576. The van der Waals surface area contributed by atoms with Gasteiger partial charge in [0.05, 0.1) is 0 Å². The summed E-state index contributed by atoms with van der Waals surface area (Å²) in [7, 11) is -0.982. The van der Waals surface area contributed by atoms with Crippen molar-refractivity contribution in [1.82, 2.24) is 4.98 Å². The number of hydrogen-bond acceptors (Lipinski definition) is 3. The molecule has 0 unspecified atom stereocenters. The monoisotopic (exact) mass is 179 g/mol. The van der Waals surface area contributed by atoms with Crippen LogP contribution in [0, 0.1) is 0 Å². The molecule has 0 aromatic carbocycles. The minimum atomic E-state index is -0.982. The van der Waals surface area contributed by atoms with Gasteiger partial charge in [0, 0.05) is 5.75 Å². The molecule has 0 aliphatic carbocycles. The highest BCUT2D eigenvalue weighted by Crippen LogP contribution is 1.88. The van der Waals surface area contributed by atoms with Gasteiger partial charge in [-0.2, -0.15) is 12.6 Å². The Bertz CT molecular complexity index is 120. The quantitative estimate of drug-likeness (QED) is 0.419. The number of nitrogens with one attached hydrogen (secondary N) is 1. The third-order valence-electron chi connectivity index (χ3n) is 1.02. The second kappa shape index (κ2) is 4.76. The van der Waals surface area contributed by atoms with Crippen molar-refractivity contribution in [3.63, 3.8) is 0 Å². The van der Waals surface area contributed by atoms with Gasteiger partial charge in [-0.15, -0.1) is 0 Å². The first-order valence-corrected chi connectivity index (χ1v) is 6.69. The number of thiol groups is 1. The Morgan fingerprint density at radius 1 is 1.80 bits per heavy atom. The predicted molar refractivity (Wildman–Crippen MR) is 47.3 cm³/mol. The summed E-state index contributed by atoms with van der Waals surface area (Å²) in [6, 6.07) is -0.463. The highest BCUT2D eigenvalue weighted by Gasteiger charge is 2.15. The van der Waals surface area contributed by atoms with E-state index in [1.807, 2.05) is 13.1 Å². The van der Waals surface area contributed by atoms with Crippen LogP contribution in [0.25, 0.3) is 0 Å². The lowest BCUT2D eigenvalue weighted by Gasteiger charge is -2.13. The van der Waals surface area contributed by atoms with Gasteiger partial charge in [-0.05, 0) is 0 Å². The second-order valence-electron chi connectivity index (χ2n) is 2.39. The zero-order chi connectivity index (χ0) is 8.15. The summed E-state index contributed by atoms with van der Waals surface area (Å²) in [5, 5.41) is 8.53. The van der Waals surface area contributed by atoms with Gasteiger partial charge < -0.3 is 10.1 Å². The first-order chi connectivity index (χ1) is 4.57. The summed E-state index contributed by atoms with van der Waals surface area (Å²) < 4.78 is 0. The van der Waals surface area contributed by atoms with Gasteiger partial charge in [0.1, 0.15) is 15.0 Å². The summed E-state index contributed by atoms with van der Waals surface area (Å²) in [5.74, 6) is -0.447. The van der Waals surface area contributed by atoms with Crippen molar-refractivity contribution in [2.75, 3.05) is 5.75 Å². The van der Waals surface area contributed by atoms with Crippen LogP contribution in [0.1, 0.15) is 0 Å². The lowest BCUT2D eigenvalue weighted by molar-refractivity contribution is -0.138. The highest BCUT2D eigenvalue weighted by molar-refractivity contribution is 7.80. The van der Waals surface area contributed by atoms with Crippen molar-refractivity contribution >= 4 is 27.6 Å². The van der Waals surface area contributed by atoms with Crippen molar-refractivity contribution < 1.29 is 9.90 Å². The molecule has 0 bridgehead atoms. The van der Waals surface area contributed by atoms with Crippen LogP contribution in [0.4, 0.5) is 0 Å². The summed E-state index contributed by atoms with van der Waals surface area (Å²) in [5.41, 5.74) is 0. The van der Waals surface area contributed by atoms with Crippen LogP contribution in [0.5, 0.6) is 0 Å². The number of carboxylic acids is 1. The maximum absolute atomic E-state index is 10.4. The van der Waals surface area contributed by atoms with Gasteiger partial charge in [0.2, 0.25) is 0 Å². The molecule has 0 amide bonds. The number of carboxylic acid groups (broad SMARTS) is 1. The molecule has 0 aliphatic rings. The van der Waals surface area contributed by atoms with Gasteiger partial charge in [0.15, 0.2) is 0 Å². The standard InChI is InChI=1S/C5H13NO2SSi/c1-10(2)6-4(3-9)5(7)8/h4,6,9-10H,3H2,1-2H3,(H,7,8)/t4-/m0/s1. The number of rotatable bonds is 4. The van der Waals surface area contributed by atoms with Gasteiger partial charge in [-0.3, -0.25) is 4.79 Å². The van der Waals surface area contributed by atoms with E-state index in [0.717, 1.165) is 0 Å². The average molecular weight is 179 g/mol. The minimum Gasteiger partial charge on any atom is -0.480 e. The van der Waals surface area contributed by atoms with E-state index in [4.69, 9.17) is 5.11 Å². The molecule has 0 aliphatic heterocycles. The molecule has 3 nitrogen and oxygen atoms in total. The maximum Gasteiger partial charge on any atom is 0.320 e. The smallest absolute Gasteiger partial charge is 0.320 e. The molecule has 60 valence electrons. The van der Waals surface area contributed by atoms with Crippen molar-refractivity contribution in [3.8, 4) is 0 Å². The SMILES string of the molecule is C[SiH](C)N[C@@H](CS)C(=O)O. The first-order valence-electron chi connectivity index (χ1n) is 3.17. The van der Waals surface area contributed by atoms with Crippen LogP contribution in [0.15, 0.2) is 0 Å². The minimum absolute atomic E-state index is 0.362. The van der Waals surface area contributed by atoms with Crippen LogP contribution >= 0.6 is 12.6 Å². The van der Waals surface area contributed by atoms with E-state index < -0.39 is 21.0 Å². The van der Waals surface area contributed by atoms with Crippen LogP contribution in [-0.2, 0) is 4.79 Å². The van der Waals surface area contributed by atoms with Crippen LogP contribution in [-0.4, -0.2) is 31.8 Å². The molecular formula is C5H13NO2SSi. The Kier molecular flexibility index (Phi) is 4.76. The number of carbonyl (C=O) groups is 1. The Balaban J connectivity index is 3.72. The molecule has 2 N–H and O–H groups in total. The van der Waals surface area contributed by atoms with Crippen molar-refractivity contribution in [2.45, 2.75) is 19.1 Å². The molecule has 0 spiro atoms. The Hall–Kier alpha value is -0.00312. The molecule has 0 fully saturated rings. The van der Waals surface area contributed by atoms with Gasteiger partial charge in [-0.25, -0.2) is 0 Å². The molecule has 0 saturated carbocycles. The second-order valence-corrected chi connectivity index (χ2v) is 5.40. The Labute approximate surface area is 67.9 Å². The molecule has 1 atom stereocenters. The average Bonchev–Trinajstić information content (AvgIpc) is 1.81. The molecule has 0 radical (unpaired) electrons. The zero-order valence-electron chi connectivity index (χ0n) is 6.16. The molecule has 0 aromatic rings. The van der Waals surface area contributed by atoms with Crippen molar-refractivity contribution in [2.24, 2.45) is 0 Å². The Morgan fingerprint density at radius 2 is 2.30 bits per heavy atom. The van der Waals surface area contributed by atoms with Crippen LogP contribution in [0.2, 0.25) is 13.1 Å². The van der Waals surface area contributed by atoms with Gasteiger partial charge in [0.25, 0.3) is 0 Å². The van der Waals surface area contributed by atoms with Crippen LogP contribution in [0.3, 0.4) is 0 Å². The van der Waals surface area contributed by atoms with Gasteiger partial charge in [-0.1, -0.05) is 13.1 Å². The van der Waals surface area contributed by atoms with E-state index in [1.165, 1.54) is 0 Å². The highest BCUT2D eigenvalue weighted by atomic mass is 32.1. The molecule has 0 saturated heterocycles. The summed E-state index contributed by atoms with van der Waals surface area (Å²) in [4.78, 5) is 13.4. The fourth-order valence-corrected chi connectivity index (χ4v) is 2.13. The van der Waals surface area contributed by atoms with E-state index in [1.54, 1.807) is 0 Å². The van der Waals surface area contributed by atoms with Crippen LogP contribution < -0.4 is 4.98 Å². The number of aliphatic carboxylic acids is 1. The van der Waals surface area contributed by atoms with E-state index in [-0.39, 0.29) is 0 Å². The lowest BCUT2D eigenvalue weighted by Crippen LogP contribution is -2.44. The normalized spacial score (nSPS) is 13.6. The van der Waals surface area contributed by atoms with E-state index in [2.05, 4.69) is 17.6 Å². The van der Waals surface area contributed by atoms with E-state index in [9.17, 15) is 4.79 Å². The third kappa shape index (κ3) is 3.92. The number of hydrogen-bond donors (Lipinski definition) is 3. The third-order valence-corrected chi connectivity index (χ3v) is 2.45. The summed E-state index contributed by atoms with van der Waals surface area (Å²) in [6.07, 6.45) is 0. The fraction of sp³-hybridized carbons (Fsp3) is 0.800. The van der Waals surface area contributed by atoms with Crippen molar-refractivity contribution in [3.05, 3.63) is 0 Å². The largest absolute Gasteiger partial charge is 0.480 e. The summed E-state index contributed by atoms with van der Waals surface area (Å²) in [6.45, 7) is 4.08. The topological polar surface area (TPSA) is 49.3 Å². The molecular weight excluding hydrogens is 166 g/mol. The fourth-order valence-electron chi connectivity index (χ4n) is 0.604. The molecule has 0 heterocycles. The lowest BCUT2D eigenvalue weighted by atomic mass is 10.4. The van der Waals surface area contributed by atoms with Gasteiger partial charge >= 0.3 is 5.97 Å². The van der Waals surface area contributed by atoms with Crippen molar-refractivity contribution in [1.29, 1.82) is 0 Å². The molecule has 10 heavy (non-hydrogen) atoms. The molecule has 5 heteroatoms. The molecule has 0 aromatic heterocycles. The zero-order valence-corrected chi connectivity index (χ0v) is 8.21. The van der Waals surface area contributed by atoms with E-state index in [0.29, 0.717) is 5.75 Å². The maximum atomic E-state index is 10.4. The van der Waals surface area contributed by atoms with E-state index >= 15 is 0 Å². The first kappa shape index (κ1) is 10.00. The summed E-state index contributed by atoms with van der Waals surface area (Å²) >= 11 is 3.91. The Morgan fingerprint density at radius 3 is 2.40 bits per heavy atom. The molecule has 0 rings (SSSR count).